The number of esters is 1. The number of carbonyl (C=O) groups is 1. The third-order valence-corrected chi connectivity index (χ3v) is 2.06. The minimum Gasteiger partial charge on any atom is -0.469 e. The molecule has 0 aliphatic carbocycles. The summed E-state index contributed by atoms with van der Waals surface area (Å²) in [4.78, 5) is 15.0. The average molecular weight is 223 g/mol. The van der Waals surface area contributed by atoms with Crippen molar-refractivity contribution in [2.45, 2.75) is 19.4 Å². The van der Waals surface area contributed by atoms with E-state index in [9.17, 15) is 9.18 Å². The second kappa shape index (κ2) is 6.00. The molecule has 0 radical (unpaired) electrons. The lowest BCUT2D eigenvalue weighted by Crippen LogP contribution is -2.09. The summed E-state index contributed by atoms with van der Waals surface area (Å²) >= 11 is 0. The number of nitrogens with zero attached hydrogens (tertiary/aromatic N) is 1. The van der Waals surface area contributed by atoms with Crippen LogP contribution in [0.2, 0.25) is 0 Å². The molecule has 0 amide bonds. The number of aliphatic imine (C=N–C) groups is 1. The van der Waals surface area contributed by atoms with Crippen LogP contribution in [-0.2, 0) is 9.53 Å². The van der Waals surface area contributed by atoms with Gasteiger partial charge >= 0.3 is 5.97 Å². The van der Waals surface area contributed by atoms with Crippen LogP contribution in [0.5, 0.6) is 0 Å². The Bertz CT molecular complexity index is 390. The standard InChI is InChI=1S/C12H14FNO2/c1-9(7-12(15)16-2)14-8-10-5-3-4-6-11(10)13/h3-6,8-9H,7H2,1-2H3. The molecule has 1 atom stereocenters. The topological polar surface area (TPSA) is 38.7 Å². The maximum absolute atomic E-state index is 13.2. The van der Waals surface area contributed by atoms with Gasteiger partial charge in [-0.3, -0.25) is 9.79 Å². The second-order valence-electron chi connectivity index (χ2n) is 3.43. The Kier molecular flexibility index (Phi) is 4.64. The van der Waals surface area contributed by atoms with Crippen LogP contribution in [0.4, 0.5) is 4.39 Å². The van der Waals surface area contributed by atoms with Gasteiger partial charge in [0.2, 0.25) is 0 Å². The summed E-state index contributed by atoms with van der Waals surface area (Å²) < 4.78 is 17.7. The van der Waals surface area contributed by atoms with Crippen LogP contribution >= 0.6 is 0 Å². The van der Waals surface area contributed by atoms with Gasteiger partial charge in [-0.05, 0) is 13.0 Å². The molecule has 0 aliphatic rings. The van der Waals surface area contributed by atoms with Crippen molar-refractivity contribution in [3.05, 3.63) is 35.6 Å². The van der Waals surface area contributed by atoms with E-state index in [-0.39, 0.29) is 24.2 Å². The Hall–Kier alpha value is -1.71. The first-order chi connectivity index (χ1) is 7.63. The number of rotatable bonds is 4. The highest BCUT2D eigenvalue weighted by Crippen LogP contribution is 2.05. The Morgan fingerprint density at radius 2 is 2.25 bits per heavy atom. The molecule has 1 rings (SSSR count). The van der Waals surface area contributed by atoms with Gasteiger partial charge in [-0.2, -0.15) is 0 Å². The smallest absolute Gasteiger partial charge is 0.307 e. The highest BCUT2D eigenvalue weighted by Gasteiger charge is 2.06. The lowest BCUT2D eigenvalue weighted by atomic mass is 10.2. The van der Waals surface area contributed by atoms with Gasteiger partial charge in [0.05, 0.1) is 19.6 Å². The van der Waals surface area contributed by atoms with E-state index in [1.54, 1.807) is 25.1 Å². The zero-order valence-corrected chi connectivity index (χ0v) is 9.31. The van der Waals surface area contributed by atoms with Gasteiger partial charge < -0.3 is 4.74 Å². The number of carbonyl (C=O) groups excluding carboxylic acids is 1. The normalized spacial score (nSPS) is 12.7. The molecule has 1 aromatic rings. The first-order valence-corrected chi connectivity index (χ1v) is 4.98. The number of hydrogen-bond donors (Lipinski definition) is 0. The summed E-state index contributed by atoms with van der Waals surface area (Å²) in [5.74, 6) is -0.644. The first kappa shape index (κ1) is 12.4. The maximum atomic E-state index is 13.2. The molecule has 0 spiro atoms. The Morgan fingerprint density at radius 1 is 1.56 bits per heavy atom. The fourth-order valence-electron chi connectivity index (χ4n) is 1.16. The van der Waals surface area contributed by atoms with Gasteiger partial charge in [0, 0.05) is 11.8 Å². The third-order valence-electron chi connectivity index (χ3n) is 2.06. The average Bonchev–Trinajstić information content (AvgIpc) is 2.28. The number of halogens is 1. The van der Waals surface area contributed by atoms with Crippen LogP contribution in [0.1, 0.15) is 18.9 Å². The lowest BCUT2D eigenvalue weighted by Gasteiger charge is -2.03. The highest BCUT2D eigenvalue weighted by molar-refractivity contribution is 5.80. The number of ether oxygens (including phenoxy) is 1. The molecule has 16 heavy (non-hydrogen) atoms. The van der Waals surface area contributed by atoms with Crippen LogP contribution < -0.4 is 0 Å². The van der Waals surface area contributed by atoms with Crippen molar-refractivity contribution in [1.29, 1.82) is 0 Å². The fourth-order valence-corrected chi connectivity index (χ4v) is 1.16. The molecule has 0 aliphatic heterocycles. The zero-order chi connectivity index (χ0) is 12.0. The van der Waals surface area contributed by atoms with Gasteiger partial charge in [-0.25, -0.2) is 4.39 Å². The molecular formula is C12H14FNO2. The minimum atomic E-state index is -0.323. The molecule has 0 saturated heterocycles. The third kappa shape index (κ3) is 3.81. The van der Waals surface area contributed by atoms with E-state index < -0.39 is 0 Å². The quantitative estimate of drug-likeness (QED) is 0.579. The molecule has 3 nitrogen and oxygen atoms in total. The van der Waals surface area contributed by atoms with E-state index in [1.165, 1.54) is 19.4 Å². The summed E-state index contributed by atoms with van der Waals surface area (Å²) in [5, 5.41) is 0. The maximum Gasteiger partial charge on any atom is 0.307 e. The predicted octanol–water partition coefficient (Wildman–Crippen LogP) is 2.20. The van der Waals surface area contributed by atoms with Crippen LogP contribution in [0.25, 0.3) is 0 Å². The first-order valence-electron chi connectivity index (χ1n) is 4.98. The predicted molar refractivity (Wildman–Crippen MR) is 60.1 cm³/mol. The lowest BCUT2D eigenvalue weighted by molar-refractivity contribution is -0.140. The van der Waals surface area contributed by atoms with Crippen LogP contribution in [0, 0.1) is 5.82 Å². The zero-order valence-electron chi connectivity index (χ0n) is 9.31. The Balaban J connectivity index is 2.60. The summed E-state index contributed by atoms with van der Waals surface area (Å²) in [6.45, 7) is 1.77. The highest BCUT2D eigenvalue weighted by atomic mass is 19.1. The molecule has 0 N–H and O–H groups in total. The molecule has 1 aromatic carbocycles. The molecule has 0 fully saturated rings. The van der Waals surface area contributed by atoms with Crippen LogP contribution in [-0.4, -0.2) is 25.3 Å². The SMILES string of the molecule is COC(=O)CC(C)N=Cc1ccccc1F. The van der Waals surface area contributed by atoms with Crippen molar-refractivity contribution in [1.82, 2.24) is 0 Å². The van der Waals surface area contributed by atoms with Crippen molar-refractivity contribution >= 4 is 12.2 Å². The summed E-state index contributed by atoms with van der Waals surface area (Å²) in [6.07, 6.45) is 1.63. The minimum absolute atomic E-state index is 0.196. The van der Waals surface area contributed by atoms with E-state index >= 15 is 0 Å². The largest absolute Gasteiger partial charge is 0.469 e. The van der Waals surface area contributed by atoms with Crippen molar-refractivity contribution in [2.24, 2.45) is 4.99 Å². The number of methoxy groups -OCH3 is 1. The van der Waals surface area contributed by atoms with E-state index in [1.807, 2.05) is 0 Å². The fraction of sp³-hybridized carbons (Fsp3) is 0.333. The monoisotopic (exact) mass is 223 g/mol. The van der Waals surface area contributed by atoms with Crippen molar-refractivity contribution in [3.8, 4) is 0 Å². The Labute approximate surface area is 94.0 Å². The summed E-state index contributed by atoms with van der Waals surface area (Å²) in [5.41, 5.74) is 0.416. The molecule has 0 bridgehead atoms. The molecular weight excluding hydrogens is 209 g/mol. The molecule has 0 heterocycles. The van der Waals surface area contributed by atoms with E-state index in [4.69, 9.17) is 0 Å². The van der Waals surface area contributed by atoms with Gasteiger partial charge in [0.15, 0.2) is 0 Å². The van der Waals surface area contributed by atoms with Crippen molar-refractivity contribution in [3.63, 3.8) is 0 Å². The molecule has 4 heteroatoms. The van der Waals surface area contributed by atoms with Crippen molar-refractivity contribution in [2.75, 3.05) is 7.11 Å². The van der Waals surface area contributed by atoms with Crippen LogP contribution in [0.15, 0.2) is 29.3 Å². The van der Waals surface area contributed by atoms with Crippen LogP contribution in [0.3, 0.4) is 0 Å². The summed E-state index contributed by atoms with van der Waals surface area (Å²) in [7, 11) is 1.33. The summed E-state index contributed by atoms with van der Waals surface area (Å²) in [6, 6.07) is 6.13. The van der Waals surface area contributed by atoms with Gasteiger partial charge in [0.1, 0.15) is 5.82 Å². The van der Waals surface area contributed by atoms with Gasteiger partial charge in [0.25, 0.3) is 0 Å². The van der Waals surface area contributed by atoms with Crippen molar-refractivity contribution < 1.29 is 13.9 Å². The Morgan fingerprint density at radius 3 is 2.88 bits per heavy atom. The molecule has 0 saturated carbocycles. The van der Waals surface area contributed by atoms with E-state index in [0.29, 0.717) is 5.56 Å². The molecule has 1 unspecified atom stereocenters. The van der Waals surface area contributed by atoms with E-state index in [2.05, 4.69) is 9.73 Å². The number of benzene rings is 1. The van der Waals surface area contributed by atoms with Gasteiger partial charge in [-0.1, -0.05) is 18.2 Å². The molecule has 86 valence electrons. The van der Waals surface area contributed by atoms with Gasteiger partial charge in [-0.15, -0.1) is 0 Å². The number of hydrogen-bond acceptors (Lipinski definition) is 3. The second-order valence-corrected chi connectivity index (χ2v) is 3.43. The molecule has 0 aromatic heterocycles. The van der Waals surface area contributed by atoms with E-state index in [0.717, 1.165) is 0 Å².